The van der Waals surface area contributed by atoms with Crippen LogP contribution in [0.25, 0.3) is 0 Å². The van der Waals surface area contributed by atoms with Crippen LogP contribution in [0, 0.1) is 6.92 Å². The second-order valence-electron chi connectivity index (χ2n) is 6.93. The summed E-state index contributed by atoms with van der Waals surface area (Å²) in [7, 11) is 0. The number of pyridine rings is 1. The van der Waals surface area contributed by atoms with Gasteiger partial charge in [-0.05, 0) is 44.0 Å². The van der Waals surface area contributed by atoms with Crippen LogP contribution in [0.4, 0.5) is 0 Å². The molecule has 1 aromatic heterocycles. The number of likely N-dealkylation sites (tertiary alicyclic amines) is 1. The minimum absolute atomic E-state index is 0.0397. The van der Waals surface area contributed by atoms with Gasteiger partial charge < -0.3 is 15.0 Å². The molecule has 3 heterocycles. The van der Waals surface area contributed by atoms with Crippen molar-refractivity contribution in [2.45, 2.75) is 25.4 Å². The second-order valence-corrected chi connectivity index (χ2v) is 6.93. The second kappa shape index (κ2) is 6.44. The number of benzene rings is 1. The lowest BCUT2D eigenvalue weighted by atomic mass is 9.91. The van der Waals surface area contributed by atoms with E-state index < -0.39 is 5.60 Å². The van der Waals surface area contributed by atoms with Crippen LogP contribution in [0.2, 0.25) is 0 Å². The van der Waals surface area contributed by atoms with E-state index in [1.165, 1.54) is 0 Å². The molecule has 0 saturated carbocycles. The number of aromatic nitrogens is 1. The van der Waals surface area contributed by atoms with Crippen molar-refractivity contribution in [2.24, 2.45) is 0 Å². The Morgan fingerprint density at radius 3 is 2.96 bits per heavy atom. The van der Waals surface area contributed by atoms with E-state index in [1.54, 1.807) is 24.4 Å². The van der Waals surface area contributed by atoms with E-state index in [4.69, 9.17) is 4.74 Å². The number of aryl methyl sites for hydroxylation is 1. The van der Waals surface area contributed by atoms with E-state index in [0.717, 1.165) is 18.5 Å². The van der Waals surface area contributed by atoms with Gasteiger partial charge in [0.2, 0.25) is 0 Å². The number of rotatable bonds is 1. The lowest BCUT2D eigenvalue weighted by Gasteiger charge is -2.42. The summed E-state index contributed by atoms with van der Waals surface area (Å²) in [5.74, 6) is 0.403. The predicted octanol–water partition coefficient (Wildman–Crippen LogP) is 2.19. The zero-order valence-corrected chi connectivity index (χ0v) is 14.7. The fourth-order valence-electron chi connectivity index (χ4n) is 3.73. The van der Waals surface area contributed by atoms with E-state index in [9.17, 15) is 9.59 Å². The highest BCUT2D eigenvalue weighted by Crippen LogP contribution is 2.32. The molecule has 2 aliphatic heterocycles. The van der Waals surface area contributed by atoms with Gasteiger partial charge in [0.25, 0.3) is 11.8 Å². The number of fused-ring (bicyclic) bond motifs is 1. The maximum absolute atomic E-state index is 13.0. The lowest BCUT2D eigenvalue weighted by molar-refractivity contribution is -0.000910. The fraction of sp³-hybridized carbons (Fsp3) is 0.350. The summed E-state index contributed by atoms with van der Waals surface area (Å²) >= 11 is 0. The summed E-state index contributed by atoms with van der Waals surface area (Å²) in [5.41, 5.74) is 1.27. The van der Waals surface area contributed by atoms with Crippen LogP contribution in [0.3, 0.4) is 0 Å². The van der Waals surface area contributed by atoms with Crippen LogP contribution in [-0.2, 0) is 0 Å². The molecule has 0 bridgehead atoms. The van der Waals surface area contributed by atoms with Crippen molar-refractivity contribution in [3.05, 3.63) is 59.4 Å². The van der Waals surface area contributed by atoms with Crippen LogP contribution in [-0.4, -0.2) is 46.9 Å². The Bertz CT molecular complexity index is 867. The molecule has 0 radical (unpaired) electrons. The quantitative estimate of drug-likeness (QED) is 0.855. The van der Waals surface area contributed by atoms with Gasteiger partial charge in [-0.3, -0.25) is 14.6 Å². The predicted molar refractivity (Wildman–Crippen MR) is 96.2 cm³/mol. The summed E-state index contributed by atoms with van der Waals surface area (Å²) in [4.78, 5) is 31.3. The SMILES string of the molecule is Cc1ncccc1C(=O)N1CCCC2(CNC(=O)c3ccccc3O2)C1. The molecule has 0 aliphatic carbocycles. The molecule has 1 saturated heterocycles. The zero-order valence-electron chi connectivity index (χ0n) is 14.7. The van der Waals surface area contributed by atoms with Crippen LogP contribution in [0.15, 0.2) is 42.6 Å². The molecule has 1 fully saturated rings. The third-order valence-corrected chi connectivity index (χ3v) is 5.09. The summed E-state index contributed by atoms with van der Waals surface area (Å²) in [6.45, 7) is 3.34. The number of hydrogen-bond acceptors (Lipinski definition) is 4. The smallest absolute Gasteiger partial charge is 0.255 e. The van der Waals surface area contributed by atoms with Crippen LogP contribution in [0.1, 0.15) is 39.3 Å². The molecule has 1 atom stereocenters. The average Bonchev–Trinajstić information content (AvgIpc) is 2.79. The first kappa shape index (κ1) is 16.6. The molecular formula is C20H21N3O3. The largest absolute Gasteiger partial charge is 0.483 e. The first-order chi connectivity index (χ1) is 12.6. The molecule has 6 heteroatoms. The van der Waals surface area contributed by atoms with E-state index >= 15 is 0 Å². The Balaban J connectivity index is 1.61. The number of carbonyl (C=O) groups excluding carboxylic acids is 2. The van der Waals surface area contributed by atoms with Gasteiger partial charge in [0, 0.05) is 18.4 Å². The fourth-order valence-corrected chi connectivity index (χ4v) is 3.73. The highest BCUT2D eigenvalue weighted by molar-refractivity contribution is 5.97. The number of piperidine rings is 1. The van der Waals surface area contributed by atoms with E-state index in [2.05, 4.69) is 10.3 Å². The number of para-hydroxylation sites is 1. The van der Waals surface area contributed by atoms with E-state index in [-0.39, 0.29) is 11.8 Å². The van der Waals surface area contributed by atoms with Gasteiger partial charge in [-0.2, -0.15) is 0 Å². The molecule has 1 spiro atoms. The Labute approximate surface area is 152 Å². The molecule has 4 rings (SSSR count). The standard InChI is InChI=1S/C20H21N3O3/c1-14-15(7-4-10-21-14)19(25)23-11-5-9-20(13-23)12-22-18(24)16-6-2-3-8-17(16)26-20/h2-4,6-8,10H,5,9,11-13H2,1H3,(H,22,24). The number of amides is 2. The Hall–Kier alpha value is -2.89. The highest BCUT2D eigenvalue weighted by atomic mass is 16.5. The summed E-state index contributed by atoms with van der Waals surface area (Å²) < 4.78 is 6.31. The Kier molecular flexibility index (Phi) is 4.11. The van der Waals surface area contributed by atoms with Gasteiger partial charge in [0.1, 0.15) is 11.4 Å². The Morgan fingerprint density at radius 2 is 2.12 bits per heavy atom. The Morgan fingerprint density at radius 1 is 1.27 bits per heavy atom. The average molecular weight is 351 g/mol. The highest BCUT2D eigenvalue weighted by Gasteiger charge is 2.42. The number of ether oxygens (including phenoxy) is 1. The van der Waals surface area contributed by atoms with Gasteiger partial charge in [-0.1, -0.05) is 12.1 Å². The van der Waals surface area contributed by atoms with Crippen molar-refractivity contribution in [2.75, 3.05) is 19.6 Å². The van der Waals surface area contributed by atoms with Gasteiger partial charge >= 0.3 is 0 Å². The molecule has 26 heavy (non-hydrogen) atoms. The molecule has 1 unspecified atom stereocenters. The van der Waals surface area contributed by atoms with Crippen molar-refractivity contribution >= 4 is 11.8 Å². The topological polar surface area (TPSA) is 71.5 Å². The summed E-state index contributed by atoms with van der Waals surface area (Å²) in [6, 6.07) is 10.8. The van der Waals surface area contributed by atoms with E-state index in [0.29, 0.717) is 36.5 Å². The monoisotopic (exact) mass is 351 g/mol. The number of nitrogens with zero attached hydrogens (tertiary/aromatic N) is 2. The minimum atomic E-state index is -0.605. The maximum Gasteiger partial charge on any atom is 0.255 e. The molecule has 2 aliphatic rings. The summed E-state index contributed by atoms with van der Waals surface area (Å²) in [6.07, 6.45) is 3.30. The molecule has 2 amide bonds. The molecule has 1 N–H and O–H groups in total. The first-order valence-electron chi connectivity index (χ1n) is 8.85. The van der Waals surface area contributed by atoms with Crippen LogP contribution >= 0.6 is 0 Å². The molecule has 2 aromatic rings. The van der Waals surface area contributed by atoms with Crippen molar-refractivity contribution in [3.63, 3.8) is 0 Å². The number of nitrogens with one attached hydrogen (secondary N) is 1. The van der Waals surface area contributed by atoms with Gasteiger partial charge in [0.05, 0.1) is 24.2 Å². The normalized spacial score (nSPS) is 22.2. The van der Waals surface area contributed by atoms with Crippen molar-refractivity contribution < 1.29 is 14.3 Å². The minimum Gasteiger partial charge on any atom is -0.483 e. The molecule has 1 aromatic carbocycles. The van der Waals surface area contributed by atoms with E-state index in [1.807, 2.05) is 30.0 Å². The summed E-state index contributed by atoms with van der Waals surface area (Å²) in [5, 5.41) is 2.96. The lowest BCUT2D eigenvalue weighted by Crippen LogP contribution is -2.58. The van der Waals surface area contributed by atoms with Crippen molar-refractivity contribution in [3.8, 4) is 5.75 Å². The van der Waals surface area contributed by atoms with Crippen molar-refractivity contribution in [1.82, 2.24) is 15.2 Å². The maximum atomic E-state index is 13.0. The van der Waals surface area contributed by atoms with Gasteiger partial charge in [0.15, 0.2) is 0 Å². The zero-order chi connectivity index (χ0) is 18.1. The first-order valence-corrected chi connectivity index (χ1v) is 8.85. The third-order valence-electron chi connectivity index (χ3n) is 5.09. The third kappa shape index (κ3) is 2.92. The van der Waals surface area contributed by atoms with Gasteiger partial charge in [-0.15, -0.1) is 0 Å². The van der Waals surface area contributed by atoms with Crippen LogP contribution < -0.4 is 10.1 Å². The number of hydrogen-bond donors (Lipinski definition) is 1. The van der Waals surface area contributed by atoms with Gasteiger partial charge in [-0.25, -0.2) is 0 Å². The number of carbonyl (C=O) groups is 2. The molecule has 134 valence electrons. The molecular weight excluding hydrogens is 330 g/mol. The molecule has 6 nitrogen and oxygen atoms in total. The van der Waals surface area contributed by atoms with Crippen LogP contribution in [0.5, 0.6) is 5.75 Å². The van der Waals surface area contributed by atoms with Crippen molar-refractivity contribution in [1.29, 1.82) is 0 Å².